The van der Waals surface area contributed by atoms with Crippen molar-refractivity contribution < 1.29 is 14.3 Å². The van der Waals surface area contributed by atoms with Gasteiger partial charge in [-0.15, -0.1) is 11.3 Å². The van der Waals surface area contributed by atoms with Gasteiger partial charge in [0.2, 0.25) is 0 Å². The zero-order valence-electron chi connectivity index (χ0n) is 17.8. The third-order valence-electron chi connectivity index (χ3n) is 5.23. The molecular formula is C24H22N4O3S. The summed E-state index contributed by atoms with van der Waals surface area (Å²) in [6, 6.07) is 11.8. The molecule has 1 atom stereocenters. The average molecular weight is 447 g/mol. The number of ether oxygens (including phenoxy) is 2. The molecule has 8 heteroatoms. The van der Waals surface area contributed by atoms with Gasteiger partial charge in [-0.05, 0) is 38.1 Å². The summed E-state index contributed by atoms with van der Waals surface area (Å²) in [6.07, 6.45) is 4.08. The van der Waals surface area contributed by atoms with E-state index < -0.39 is 0 Å². The van der Waals surface area contributed by atoms with Gasteiger partial charge in [-0.25, -0.2) is 15.0 Å². The molecule has 0 fully saturated rings. The van der Waals surface area contributed by atoms with E-state index in [1.807, 2.05) is 50.2 Å². The Balaban J connectivity index is 1.40. The summed E-state index contributed by atoms with van der Waals surface area (Å²) in [4.78, 5) is 26.4. The summed E-state index contributed by atoms with van der Waals surface area (Å²) in [5.74, 6) is 1.29. The largest absolute Gasteiger partial charge is 0.494 e. The van der Waals surface area contributed by atoms with Crippen LogP contribution in [0.5, 0.6) is 11.5 Å². The van der Waals surface area contributed by atoms with Crippen molar-refractivity contribution in [2.24, 2.45) is 0 Å². The van der Waals surface area contributed by atoms with Crippen molar-refractivity contribution in [3.63, 3.8) is 0 Å². The second-order valence-corrected chi connectivity index (χ2v) is 8.59. The van der Waals surface area contributed by atoms with Crippen molar-refractivity contribution in [2.75, 3.05) is 6.61 Å². The number of para-hydroxylation sites is 1. The lowest BCUT2D eigenvalue weighted by molar-refractivity contribution is 0.0946. The molecule has 0 saturated carbocycles. The number of rotatable bonds is 6. The molecule has 0 radical (unpaired) electrons. The minimum Gasteiger partial charge on any atom is -0.494 e. The van der Waals surface area contributed by atoms with Gasteiger partial charge in [0.25, 0.3) is 5.91 Å². The highest BCUT2D eigenvalue weighted by atomic mass is 32.1. The van der Waals surface area contributed by atoms with E-state index in [9.17, 15) is 4.79 Å². The van der Waals surface area contributed by atoms with Gasteiger partial charge in [0.15, 0.2) is 5.69 Å². The lowest BCUT2D eigenvalue weighted by Crippen LogP contribution is -2.25. The van der Waals surface area contributed by atoms with Crippen LogP contribution < -0.4 is 14.8 Å². The number of amides is 1. The predicted octanol–water partition coefficient (Wildman–Crippen LogP) is 4.41. The molecule has 32 heavy (non-hydrogen) atoms. The van der Waals surface area contributed by atoms with Crippen LogP contribution in [0.4, 0.5) is 0 Å². The van der Waals surface area contributed by atoms with E-state index in [2.05, 4.69) is 20.3 Å². The third-order valence-corrected chi connectivity index (χ3v) is 6.27. The SMILES string of the molecule is CCOc1cc2c(cc1CNC(=O)c1nccnc1-c1nc3ccccc3s1)O[C@@H](C)C2. The first-order valence-corrected chi connectivity index (χ1v) is 11.3. The number of hydrogen-bond donors (Lipinski definition) is 1. The Morgan fingerprint density at radius 3 is 2.94 bits per heavy atom. The van der Waals surface area contributed by atoms with Gasteiger partial charge in [0, 0.05) is 36.5 Å². The van der Waals surface area contributed by atoms with Crippen LogP contribution in [0.25, 0.3) is 20.9 Å². The quantitative estimate of drug-likeness (QED) is 0.472. The second kappa shape index (κ2) is 8.55. The molecule has 1 N–H and O–H groups in total. The van der Waals surface area contributed by atoms with Gasteiger partial charge in [0.05, 0.1) is 16.8 Å². The zero-order chi connectivity index (χ0) is 22.1. The minimum absolute atomic E-state index is 0.139. The van der Waals surface area contributed by atoms with E-state index in [1.165, 1.54) is 17.5 Å². The van der Waals surface area contributed by atoms with Gasteiger partial charge in [0.1, 0.15) is 28.3 Å². The average Bonchev–Trinajstić information content (AvgIpc) is 3.39. The first-order valence-electron chi connectivity index (χ1n) is 10.5. The molecule has 5 rings (SSSR count). The number of nitrogens with one attached hydrogen (secondary N) is 1. The number of nitrogens with zero attached hydrogens (tertiary/aromatic N) is 3. The molecule has 1 amide bonds. The van der Waals surface area contributed by atoms with E-state index in [0.717, 1.165) is 39.3 Å². The number of carbonyl (C=O) groups excluding carboxylic acids is 1. The standard InChI is InChI=1S/C24H22N4O3S/c1-3-30-18-11-15-10-14(2)31-19(15)12-16(18)13-27-23(29)21-22(26-9-8-25-21)24-28-17-6-4-5-7-20(17)32-24/h4-9,11-12,14H,3,10,13H2,1-2H3,(H,27,29)/t14-/m0/s1. The molecule has 4 aromatic rings. The van der Waals surface area contributed by atoms with Crippen LogP contribution in [0, 0.1) is 0 Å². The van der Waals surface area contributed by atoms with E-state index >= 15 is 0 Å². The molecule has 2 aromatic heterocycles. The first kappa shape index (κ1) is 20.4. The van der Waals surface area contributed by atoms with Gasteiger partial charge < -0.3 is 14.8 Å². The normalized spacial score (nSPS) is 14.8. The van der Waals surface area contributed by atoms with Crippen LogP contribution in [0.3, 0.4) is 0 Å². The summed E-state index contributed by atoms with van der Waals surface area (Å²) < 4.78 is 12.7. The lowest BCUT2D eigenvalue weighted by atomic mass is 10.1. The maximum Gasteiger partial charge on any atom is 0.272 e. The highest BCUT2D eigenvalue weighted by Gasteiger charge is 2.23. The number of aromatic nitrogens is 3. The molecule has 0 spiro atoms. The van der Waals surface area contributed by atoms with Crippen LogP contribution in [0.15, 0.2) is 48.8 Å². The van der Waals surface area contributed by atoms with Crippen LogP contribution >= 0.6 is 11.3 Å². The minimum atomic E-state index is -0.315. The summed E-state index contributed by atoms with van der Waals surface area (Å²) >= 11 is 1.49. The van der Waals surface area contributed by atoms with Crippen molar-refractivity contribution in [3.8, 4) is 22.2 Å². The van der Waals surface area contributed by atoms with Crippen LogP contribution in [-0.2, 0) is 13.0 Å². The van der Waals surface area contributed by atoms with Crippen molar-refractivity contribution in [3.05, 3.63) is 65.6 Å². The third kappa shape index (κ3) is 3.89. The molecule has 0 bridgehead atoms. The Hall–Kier alpha value is -3.52. The lowest BCUT2D eigenvalue weighted by Gasteiger charge is -2.13. The number of carbonyl (C=O) groups is 1. The smallest absolute Gasteiger partial charge is 0.272 e. The van der Waals surface area contributed by atoms with Crippen LogP contribution in [0.1, 0.15) is 35.5 Å². The topological polar surface area (TPSA) is 86.2 Å². The van der Waals surface area contributed by atoms with E-state index in [0.29, 0.717) is 17.3 Å². The van der Waals surface area contributed by atoms with Gasteiger partial charge in [-0.1, -0.05) is 12.1 Å². The Bertz CT molecular complexity index is 1270. The molecule has 1 aliphatic rings. The molecule has 1 aliphatic heterocycles. The Morgan fingerprint density at radius 2 is 2.09 bits per heavy atom. The molecule has 0 saturated heterocycles. The monoisotopic (exact) mass is 446 g/mol. The highest BCUT2D eigenvalue weighted by molar-refractivity contribution is 7.21. The van der Waals surface area contributed by atoms with Crippen molar-refractivity contribution in [1.82, 2.24) is 20.3 Å². The summed E-state index contributed by atoms with van der Waals surface area (Å²) in [5, 5.41) is 3.63. The second-order valence-electron chi connectivity index (χ2n) is 7.56. The maximum atomic E-state index is 13.1. The van der Waals surface area contributed by atoms with Crippen LogP contribution in [-0.4, -0.2) is 33.6 Å². The van der Waals surface area contributed by atoms with Gasteiger partial charge >= 0.3 is 0 Å². The molecule has 3 heterocycles. The number of benzene rings is 2. The first-order chi connectivity index (χ1) is 15.6. The van der Waals surface area contributed by atoms with Crippen molar-refractivity contribution in [1.29, 1.82) is 0 Å². The van der Waals surface area contributed by atoms with E-state index in [1.54, 1.807) is 6.20 Å². The Labute approximate surface area is 189 Å². The molecule has 0 unspecified atom stereocenters. The summed E-state index contributed by atoms with van der Waals surface area (Å²) in [5.41, 5.74) is 3.58. The molecular weight excluding hydrogens is 424 g/mol. The maximum absolute atomic E-state index is 13.1. The Kier molecular flexibility index (Phi) is 5.45. The van der Waals surface area contributed by atoms with Gasteiger partial charge in [-0.3, -0.25) is 4.79 Å². The Morgan fingerprint density at radius 1 is 1.25 bits per heavy atom. The molecule has 2 aromatic carbocycles. The number of hydrogen-bond acceptors (Lipinski definition) is 7. The molecule has 7 nitrogen and oxygen atoms in total. The van der Waals surface area contributed by atoms with Crippen molar-refractivity contribution in [2.45, 2.75) is 32.9 Å². The van der Waals surface area contributed by atoms with Gasteiger partial charge in [-0.2, -0.15) is 0 Å². The number of fused-ring (bicyclic) bond motifs is 2. The predicted molar refractivity (Wildman–Crippen MR) is 123 cm³/mol. The van der Waals surface area contributed by atoms with E-state index in [-0.39, 0.29) is 24.2 Å². The zero-order valence-corrected chi connectivity index (χ0v) is 18.6. The highest BCUT2D eigenvalue weighted by Crippen LogP contribution is 2.35. The fourth-order valence-corrected chi connectivity index (χ4v) is 4.77. The summed E-state index contributed by atoms with van der Waals surface area (Å²) in [6.45, 7) is 4.81. The fraction of sp³-hybridized carbons (Fsp3) is 0.250. The van der Waals surface area contributed by atoms with Crippen LogP contribution in [0.2, 0.25) is 0 Å². The number of thiazole rings is 1. The molecule has 162 valence electrons. The van der Waals surface area contributed by atoms with Crippen molar-refractivity contribution >= 4 is 27.5 Å². The summed E-state index contributed by atoms with van der Waals surface area (Å²) in [7, 11) is 0. The fourth-order valence-electron chi connectivity index (χ4n) is 3.80. The molecule has 0 aliphatic carbocycles. The van der Waals surface area contributed by atoms with E-state index in [4.69, 9.17) is 9.47 Å².